The quantitative estimate of drug-likeness (QED) is 0.829. The van der Waals surface area contributed by atoms with E-state index in [1.165, 1.54) is 7.05 Å². The molecule has 0 aliphatic carbocycles. The first-order valence-corrected chi connectivity index (χ1v) is 6.91. The van der Waals surface area contributed by atoms with Crippen LogP contribution in [0.15, 0.2) is 53.4 Å². The Labute approximate surface area is 107 Å². The molecule has 2 aromatic rings. The monoisotopic (exact) mass is 262 g/mol. The second-order valence-corrected chi connectivity index (χ2v) is 5.68. The van der Waals surface area contributed by atoms with Crippen molar-refractivity contribution in [3.63, 3.8) is 0 Å². The van der Waals surface area contributed by atoms with Gasteiger partial charge in [-0.3, -0.25) is 0 Å². The molecule has 5 heteroatoms. The summed E-state index contributed by atoms with van der Waals surface area (Å²) in [6.45, 7) is 0. The van der Waals surface area contributed by atoms with E-state index in [4.69, 9.17) is 5.73 Å². The van der Waals surface area contributed by atoms with E-state index < -0.39 is 10.0 Å². The average Bonchev–Trinajstić information content (AvgIpc) is 2.40. The van der Waals surface area contributed by atoms with Crippen molar-refractivity contribution in [2.24, 2.45) is 0 Å². The van der Waals surface area contributed by atoms with Gasteiger partial charge in [-0.05, 0) is 30.8 Å². The molecule has 2 aromatic carbocycles. The molecule has 18 heavy (non-hydrogen) atoms. The van der Waals surface area contributed by atoms with E-state index in [1.807, 2.05) is 0 Å². The summed E-state index contributed by atoms with van der Waals surface area (Å²) < 4.78 is 26.2. The molecule has 4 nitrogen and oxygen atoms in total. The zero-order chi connectivity index (χ0) is 13.2. The predicted octanol–water partition coefficient (Wildman–Crippen LogP) is 1.84. The van der Waals surface area contributed by atoms with Crippen LogP contribution in [0.5, 0.6) is 0 Å². The number of nitrogens with one attached hydrogen (secondary N) is 1. The summed E-state index contributed by atoms with van der Waals surface area (Å²) in [6, 6.07) is 14.0. The molecule has 0 saturated carbocycles. The second kappa shape index (κ2) is 4.80. The maximum absolute atomic E-state index is 11.9. The topological polar surface area (TPSA) is 72.2 Å². The fraction of sp³-hybridized carbons (Fsp3) is 0.0769. The van der Waals surface area contributed by atoms with Crippen LogP contribution < -0.4 is 10.5 Å². The molecule has 94 valence electrons. The van der Waals surface area contributed by atoms with Gasteiger partial charge in [-0.2, -0.15) is 0 Å². The lowest BCUT2D eigenvalue weighted by Crippen LogP contribution is -2.19. The van der Waals surface area contributed by atoms with Crippen molar-refractivity contribution >= 4 is 15.7 Å². The fourth-order valence-corrected chi connectivity index (χ4v) is 2.67. The molecule has 0 saturated heterocycles. The number of rotatable bonds is 3. The standard InChI is InChI=1S/C13H14N2O2S/c1-15-18(16,17)13-5-3-2-4-12(13)10-6-8-11(14)9-7-10/h2-9,15H,14H2,1H3. The lowest BCUT2D eigenvalue weighted by Gasteiger charge is -2.09. The van der Waals surface area contributed by atoms with Crippen LogP contribution in [0.2, 0.25) is 0 Å². The van der Waals surface area contributed by atoms with Crippen molar-refractivity contribution in [1.29, 1.82) is 0 Å². The minimum Gasteiger partial charge on any atom is -0.399 e. The molecule has 0 fully saturated rings. The van der Waals surface area contributed by atoms with E-state index in [-0.39, 0.29) is 4.90 Å². The Balaban J connectivity index is 2.62. The molecule has 0 aromatic heterocycles. The van der Waals surface area contributed by atoms with Gasteiger partial charge in [-0.25, -0.2) is 13.1 Å². The van der Waals surface area contributed by atoms with Crippen molar-refractivity contribution in [2.45, 2.75) is 4.90 Å². The van der Waals surface area contributed by atoms with Crippen molar-refractivity contribution in [1.82, 2.24) is 4.72 Å². The molecule has 0 heterocycles. The Morgan fingerprint density at radius 1 is 1.00 bits per heavy atom. The molecule has 2 rings (SSSR count). The predicted molar refractivity (Wildman–Crippen MR) is 72.5 cm³/mol. The van der Waals surface area contributed by atoms with Crippen LogP contribution in [0.4, 0.5) is 5.69 Å². The van der Waals surface area contributed by atoms with Gasteiger partial charge >= 0.3 is 0 Å². The molecule has 0 amide bonds. The van der Waals surface area contributed by atoms with Crippen LogP contribution in [0.3, 0.4) is 0 Å². The molecular formula is C13H14N2O2S. The van der Waals surface area contributed by atoms with Crippen LogP contribution in [-0.4, -0.2) is 15.5 Å². The third-order valence-corrected chi connectivity index (χ3v) is 4.14. The van der Waals surface area contributed by atoms with Crippen LogP contribution in [-0.2, 0) is 10.0 Å². The van der Waals surface area contributed by atoms with Crippen LogP contribution >= 0.6 is 0 Å². The third-order valence-electron chi connectivity index (χ3n) is 2.67. The van der Waals surface area contributed by atoms with E-state index in [9.17, 15) is 8.42 Å². The highest BCUT2D eigenvalue weighted by Gasteiger charge is 2.16. The van der Waals surface area contributed by atoms with E-state index in [2.05, 4.69) is 4.72 Å². The number of nitrogen functional groups attached to an aromatic ring is 1. The van der Waals surface area contributed by atoms with E-state index >= 15 is 0 Å². The van der Waals surface area contributed by atoms with E-state index in [0.717, 1.165) is 5.56 Å². The molecule has 0 aliphatic heterocycles. The van der Waals surface area contributed by atoms with Gasteiger partial charge in [0.1, 0.15) is 0 Å². The second-order valence-electron chi connectivity index (χ2n) is 3.83. The maximum Gasteiger partial charge on any atom is 0.240 e. The van der Waals surface area contributed by atoms with E-state index in [0.29, 0.717) is 11.3 Å². The highest BCUT2D eigenvalue weighted by atomic mass is 32.2. The Bertz CT molecular complexity index is 649. The Morgan fingerprint density at radius 2 is 1.61 bits per heavy atom. The molecule has 0 unspecified atom stereocenters. The minimum absolute atomic E-state index is 0.261. The summed E-state index contributed by atoms with van der Waals surface area (Å²) in [4.78, 5) is 0.261. The van der Waals surface area contributed by atoms with Gasteiger partial charge in [0, 0.05) is 11.3 Å². The number of hydrogen-bond donors (Lipinski definition) is 2. The highest BCUT2D eigenvalue weighted by molar-refractivity contribution is 7.89. The first-order valence-electron chi connectivity index (χ1n) is 5.43. The number of hydrogen-bond acceptors (Lipinski definition) is 3. The van der Waals surface area contributed by atoms with Crippen LogP contribution in [0.25, 0.3) is 11.1 Å². The van der Waals surface area contributed by atoms with Gasteiger partial charge in [0.15, 0.2) is 0 Å². The summed E-state index contributed by atoms with van der Waals surface area (Å²) in [5.41, 5.74) is 7.75. The van der Waals surface area contributed by atoms with Crippen molar-refractivity contribution < 1.29 is 8.42 Å². The van der Waals surface area contributed by atoms with Crippen molar-refractivity contribution in [3.8, 4) is 11.1 Å². The number of sulfonamides is 1. The lowest BCUT2D eigenvalue weighted by molar-refractivity contribution is 0.588. The van der Waals surface area contributed by atoms with Gasteiger partial charge < -0.3 is 5.73 Å². The Hall–Kier alpha value is -1.85. The smallest absolute Gasteiger partial charge is 0.240 e. The number of benzene rings is 2. The summed E-state index contributed by atoms with van der Waals surface area (Å²) >= 11 is 0. The largest absolute Gasteiger partial charge is 0.399 e. The number of anilines is 1. The summed E-state index contributed by atoms with van der Waals surface area (Å²) in [7, 11) is -2.07. The maximum atomic E-state index is 11.9. The fourth-order valence-electron chi connectivity index (χ4n) is 1.71. The summed E-state index contributed by atoms with van der Waals surface area (Å²) in [6.07, 6.45) is 0. The van der Waals surface area contributed by atoms with Gasteiger partial charge in [-0.1, -0.05) is 30.3 Å². The van der Waals surface area contributed by atoms with Crippen LogP contribution in [0.1, 0.15) is 0 Å². The Morgan fingerprint density at radius 3 is 2.22 bits per heavy atom. The van der Waals surface area contributed by atoms with Gasteiger partial charge in [0.25, 0.3) is 0 Å². The molecule has 0 radical (unpaired) electrons. The van der Waals surface area contributed by atoms with Crippen molar-refractivity contribution in [3.05, 3.63) is 48.5 Å². The lowest BCUT2D eigenvalue weighted by atomic mass is 10.1. The number of nitrogens with two attached hydrogens (primary N) is 1. The molecule has 0 atom stereocenters. The molecule has 3 N–H and O–H groups in total. The SMILES string of the molecule is CNS(=O)(=O)c1ccccc1-c1ccc(N)cc1. The molecule has 0 aliphatic rings. The first kappa shape index (κ1) is 12.6. The first-order chi connectivity index (χ1) is 8.54. The van der Waals surface area contributed by atoms with E-state index in [1.54, 1.807) is 48.5 Å². The van der Waals surface area contributed by atoms with Gasteiger partial charge in [-0.15, -0.1) is 0 Å². The highest BCUT2D eigenvalue weighted by Crippen LogP contribution is 2.27. The molecular weight excluding hydrogens is 248 g/mol. The zero-order valence-corrected chi connectivity index (χ0v) is 10.7. The summed E-state index contributed by atoms with van der Waals surface area (Å²) in [5, 5.41) is 0. The van der Waals surface area contributed by atoms with Crippen LogP contribution in [0, 0.1) is 0 Å². The zero-order valence-electron chi connectivity index (χ0n) is 9.92. The molecule has 0 spiro atoms. The Kier molecular flexibility index (Phi) is 3.36. The van der Waals surface area contributed by atoms with Gasteiger partial charge in [0.2, 0.25) is 10.0 Å². The van der Waals surface area contributed by atoms with Gasteiger partial charge in [0.05, 0.1) is 4.90 Å². The molecule has 0 bridgehead atoms. The minimum atomic E-state index is -3.47. The summed E-state index contributed by atoms with van der Waals surface area (Å²) in [5.74, 6) is 0. The van der Waals surface area contributed by atoms with Crippen molar-refractivity contribution in [2.75, 3.05) is 12.8 Å². The average molecular weight is 262 g/mol. The normalized spacial score (nSPS) is 11.4. The third kappa shape index (κ3) is 2.37.